The van der Waals surface area contributed by atoms with Crippen LogP contribution in [0.15, 0.2) is 18.2 Å². The molecule has 0 radical (unpaired) electrons. The van der Waals surface area contributed by atoms with Gasteiger partial charge in [0.1, 0.15) is 0 Å². The Hall–Kier alpha value is -0.730. The van der Waals surface area contributed by atoms with E-state index in [0.29, 0.717) is 12.1 Å². The number of anilines is 1. The van der Waals surface area contributed by atoms with Crippen LogP contribution in [0.25, 0.3) is 0 Å². The molecule has 0 bridgehead atoms. The molecule has 0 spiro atoms. The highest BCUT2D eigenvalue weighted by atomic mass is 35.5. The zero-order valence-corrected chi connectivity index (χ0v) is 12.2. The minimum atomic E-state index is 0.476. The van der Waals surface area contributed by atoms with Gasteiger partial charge < -0.3 is 10.2 Å². The van der Waals surface area contributed by atoms with E-state index in [0.717, 1.165) is 17.1 Å². The van der Waals surface area contributed by atoms with Crippen LogP contribution in [0.3, 0.4) is 0 Å². The lowest BCUT2D eigenvalue weighted by Gasteiger charge is -2.24. The van der Waals surface area contributed by atoms with E-state index in [-0.39, 0.29) is 0 Å². The quantitative estimate of drug-likeness (QED) is 0.862. The normalized spacial score (nSPS) is 11.3. The third-order valence-electron chi connectivity index (χ3n) is 2.92. The highest BCUT2D eigenvalue weighted by Crippen LogP contribution is 2.24. The van der Waals surface area contributed by atoms with Crippen LogP contribution in [-0.2, 0) is 6.54 Å². The van der Waals surface area contributed by atoms with Gasteiger partial charge in [0.2, 0.25) is 0 Å². The van der Waals surface area contributed by atoms with E-state index in [9.17, 15) is 0 Å². The summed E-state index contributed by atoms with van der Waals surface area (Å²) in [6, 6.07) is 7.23. The van der Waals surface area contributed by atoms with Crippen molar-refractivity contribution in [2.24, 2.45) is 0 Å². The number of nitrogens with one attached hydrogen (secondary N) is 1. The Kier molecular flexibility index (Phi) is 5.29. The van der Waals surface area contributed by atoms with Crippen LogP contribution in [0.5, 0.6) is 0 Å². The van der Waals surface area contributed by atoms with Crippen LogP contribution in [0, 0.1) is 0 Å². The van der Waals surface area contributed by atoms with Gasteiger partial charge in [-0.15, -0.1) is 0 Å². The van der Waals surface area contributed by atoms with E-state index in [2.05, 4.69) is 57.1 Å². The minimum Gasteiger partial charge on any atom is -0.372 e. The topological polar surface area (TPSA) is 15.3 Å². The Morgan fingerprint density at radius 3 is 2.35 bits per heavy atom. The van der Waals surface area contributed by atoms with Crippen LogP contribution < -0.4 is 10.2 Å². The summed E-state index contributed by atoms with van der Waals surface area (Å²) in [7, 11) is 2.09. The van der Waals surface area contributed by atoms with Gasteiger partial charge in [0.25, 0.3) is 0 Å². The third kappa shape index (κ3) is 4.21. The molecule has 17 heavy (non-hydrogen) atoms. The Morgan fingerprint density at radius 1 is 1.24 bits per heavy atom. The SMILES string of the molecule is CC(C)NCc1ccc(N(C)C(C)C)cc1Cl. The molecule has 1 rings (SSSR count). The van der Waals surface area contributed by atoms with E-state index < -0.39 is 0 Å². The average Bonchev–Trinajstić information content (AvgIpc) is 2.26. The number of nitrogens with zero attached hydrogens (tertiary/aromatic N) is 1. The van der Waals surface area contributed by atoms with Gasteiger partial charge in [-0.3, -0.25) is 0 Å². The minimum absolute atomic E-state index is 0.476. The summed E-state index contributed by atoms with van der Waals surface area (Å²) in [6.07, 6.45) is 0. The highest BCUT2D eigenvalue weighted by Gasteiger charge is 2.08. The van der Waals surface area contributed by atoms with Crippen molar-refractivity contribution in [3.05, 3.63) is 28.8 Å². The fourth-order valence-electron chi connectivity index (χ4n) is 1.51. The first-order valence-electron chi connectivity index (χ1n) is 6.16. The van der Waals surface area contributed by atoms with Crippen LogP contribution >= 0.6 is 11.6 Å². The summed E-state index contributed by atoms with van der Waals surface area (Å²) in [5, 5.41) is 4.21. The molecule has 0 aliphatic carbocycles. The highest BCUT2D eigenvalue weighted by molar-refractivity contribution is 6.31. The number of rotatable bonds is 5. The van der Waals surface area contributed by atoms with Crippen molar-refractivity contribution in [1.82, 2.24) is 5.32 Å². The predicted molar refractivity (Wildman–Crippen MR) is 77.0 cm³/mol. The van der Waals surface area contributed by atoms with Crippen LogP contribution in [0.2, 0.25) is 5.02 Å². The van der Waals surface area contributed by atoms with Gasteiger partial charge in [0.15, 0.2) is 0 Å². The van der Waals surface area contributed by atoms with Gasteiger partial charge in [0, 0.05) is 36.4 Å². The van der Waals surface area contributed by atoms with Crippen molar-refractivity contribution in [2.75, 3.05) is 11.9 Å². The molecule has 0 saturated heterocycles. The second kappa shape index (κ2) is 6.27. The Bertz CT molecular complexity index is 361. The Morgan fingerprint density at radius 2 is 1.88 bits per heavy atom. The third-order valence-corrected chi connectivity index (χ3v) is 3.27. The smallest absolute Gasteiger partial charge is 0.0471 e. The molecule has 3 heteroatoms. The second-order valence-electron chi connectivity index (χ2n) is 5.02. The standard InChI is InChI=1S/C14H23ClN2/c1-10(2)16-9-12-6-7-13(8-14(12)15)17(5)11(3)4/h6-8,10-11,16H,9H2,1-5H3. The van der Waals surface area contributed by atoms with Gasteiger partial charge >= 0.3 is 0 Å². The van der Waals surface area contributed by atoms with E-state index >= 15 is 0 Å². The first kappa shape index (κ1) is 14.3. The summed E-state index contributed by atoms with van der Waals surface area (Å²) in [6.45, 7) is 9.43. The summed E-state index contributed by atoms with van der Waals surface area (Å²) >= 11 is 6.29. The average molecular weight is 255 g/mol. The molecule has 1 aromatic rings. The fraction of sp³-hybridized carbons (Fsp3) is 0.571. The predicted octanol–water partition coefficient (Wildman–Crippen LogP) is 3.68. The fourth-order valence-corrected chi connectivity index (χ4v) is 1.75. The van der Waals surface area contributed by atoms with Crippen molar-refractivity contribution >= 4 is 17.3 Å². The molecular weight excluding hydrogens is 232 g/mol. The van der Waals surface area contributed by atoms with Crippen molar-refractivity contribution < 1.29 is 0 Å². The molecule has 0 atom stereocenters. The Balaban J connectivity index is 2.79. The molecular formula is C14H23ClN2. The molecule has 0 fully saturated rings. The number of halogens is 1. The maximum atomic E-state index is 6.29. The molecule has 96 valence electrons. The van der Waals surface area contributed by atoms with Crippen LogP contribution in [-0.4, -0.2) is 19.1 Å². The largest absolute Gasteiger partial charge is 0.372 e. The van der Waals surface area contributed by atoms with Crippen LogP contribution in [0.4, 0.5) is 5.69 Å². The van der Waals surface area contributed by atoms with Gasteiger partial charge in [0.05, 0.1) is 0 Å². The number of benzene rings is 1. The Labute approximate surface area is 110 Å². The maximum absolute atomic E-state index is 6.29. The van der Waals surface area contributed by atoms with Gasteiger partial charge in [-0.2, -0.15) is 0 Å². The summed E-state index contributed by atoms with van der Waals surface area (Å²) in [5.74, 6) is 0. The lowest BCUT2D eigenvalue weighted by molar-refractivity contribution is 0.589. The zero-order valence-electron chi connectivity index (χ0n) is 11.4. The number of hydrogen-bond acceptors (Lipinski definition) is 2. The lowest BCUT2D eigenvalue weighted by Crippen LogP contribution is -2.26. The zero-order chi connectivity index (χ0) is 13.0. The van der Waals surface area contributed by atoms with Crippen molar-refractivity contribution in [1.29, 1.82) is 0 Å². The monoisotopic (exact) mass is 254 g/mol. The molecule has 1 aromatic carbocycles. The molecule has 0 aromatic heterocycles. The number of hydrogen-bond donors (Lipinski definition) is 1. The summed E-state index contributed by atoms with van der Waals surface area (Å²) < 4.78 is 0. The first-order valence-corrected chi connectivity index (χ1v) is 6.54. The summed E-state index contributed by atoms with van der Waals surface area (Å²) in [5.41, 5.74) is 2.32. The van der Waals surface area contributed by atoms with E-state index in [1.807, 2.05) is 6.07 Å². The maximum Gasteiger partial charge on any atom is 0.0471 e. The molecule has 1 N–H and O–H groups in total. The van der Waals surface area contributed by atoms with Gasteiger partial charge in [-0.05, 0) is 31.5 Å². The van der Waals surface area contributed by atoms with Crippen molar-refractivity contribution in [3.8, 4) is 0 Å². The molecule has 0 aliphatic heterocycles. The second-order valence-corrected chi connectivity index (χ2v) is 5.42. The lowest BCUT2D eigenvalue weighted by atomic mass is 10.1. The molecule has 0 unspecified atom stereocenters. The van der Waals surface area contributed by atoms with E-state index in [1.54, 1.807) is 0 Å². The summed E-state index contributed by atoms with van der Waals surface area (Å²) in [4.78, 5) is 2.21. The molecule has 0 amide bonds. The molecule has 2 nitrogen and oxygen atoms in total. The van der Waals surface area contributed by atoms with E-state index in [4.69, 9.17) is 11.6 Å². The molecule has 0 heterocycles. The molecule has 0 saturated carbocycles. The van der Waals surface area contributed by atoms with E-state index in [1.165, 1.54) is 5.69 Å². The van der Waals surface area contributed by atoms with Crippen LogP contribution in [0.1, 0.15) is 33.3 Å². The van der Waals surface area contributed by atoms with Gasteiger partial charge in [-0.1, -0.05) is 31.5 Å². The first-order chi connectivity index (χ1) is 7.91. The van der Waals surface area contributed by atoms with Crippen molar-refractivity contribution in [2.45, 2.75) is 46.3 Å². The molecule has 0 aliphatic rings. The van der Waals surface area contributed by atoms with Crippen molar-refractivity contribution in [3.63, 3.8) is 0 Å². The van der Waals surface area contributed by atoms with Gasteiger partial charge in [-0.25, -0.2) is 0 Å².